The Morgan fingerprint density at radius 2 is 2.20 bits per heavy atom. The number of hydrogen-bond acceptors (Lipinski definition) is 7. The van der Waals surface area contributed by atoms with E-state index in [1.807, 2.05) is 24.3 Å². The molecule has 0 amide bonds. The van der Waals surface area contributed by atoms with Crippen LogP contribution >= 0.6 is 11.3 Å². The summed E-state index contributed by atoms with van der Waals surface area (Å²) < 4.78 is 6.48. The average molecular weight is 359 g/mol. The molecule has 0 saturated carbocycles. The third kappa shape index (κ3) is 3.26. The molecular formula is C16H17N5O3S. The van der Waals surface area contributed by atoms with E-state index in [0.29, 0.717) is 17.4 Å². The number of benzene rings is 1. The number of nitrogens with two attached hydrogens (primary N) is 1. The van der Waals surface area contributed by atoms with Crippen LogP contribution in [0.15, 0.2) is 39.2 Å². The SMILES string of the molecule is CCn1c(N)c(-c2csc(Nc3cccc(OC)c3)n2)c(=O)[nH]c1=O. The normalized spacial score (nSPS) is 10.6. The van der Waals surface area contributed by atoms with Crippen LogP contribution in [0, 0.1) is 0 Å². The number of nitrogens with zero attached hydrogens (tertiary/aromatic N) is 2. The highest BCUT2D eigenvalue weighted by Gasteiger charge is 2.16. The summed E-state index contributed by atoms with van der Waals surface area (Å²) in [4.78, 5) is 30.6. The molecule has 0 saturated heterocycles. The second-order valence-electron chi connectivity index (χ2n) is 5.16. The van der Waals surface area contributed by atoms with Crippen molar-refractivity contribution in [1.82, 2.24) is 14.5 Å². The molecule has 3 rings (SSSR count). The first-order chi connectivity index (χ1) is 12.0. The van der Waals surface area contributed by atoms with Crippen LogP contribution in [0.5, 0.6) is 5.75 Å². The van der Waals surface area contributed by atoms with Crippen LogP contribution in [0.1, 0.15) is 6.92 Å². The number of H-pyrrole nitrogens is 1. The highest BCUT2D eigenvalue weighted by Crippen LogP contribution is 2.28. The zero-order valence-electron chi connectivity index (χ0n) is 13.7. The number of aromatic amines is 1. The largest absolute Gasteiger partial charge is 0.497 e. The molecule has 0 atom stereocenters. The zero-order valence-corrected chi connectivity index (χ0v) is 14.5. The van der Waals surface area contributed by atoms with Crippen LogP contribution in [0.3, 0.4) is 0 Å². The summed E-state index contributed by atoms with van der Waals surface area (Å²) in [5, 5.41) is 5.46. The van der Waals surface area contributed by atoms with Crippen LogP contribution in [-0.4, -0.2) is 21.6 Å². The fourth-order valence-electron chi connectivity index (χ4n) is 2.42. The summed E-state index contributed by atoms with van der Waals surface area (Å²) in [5.74, 6) is 0.826. The molecule has 0 aliphatic carbocycles. The third-order valence-corrected chi connectivity index (χ3v) is 4.39. The molecule has 130 valence electrons. The minimum atomic E-state index is -0.551. The van der Waals surface area contributed by atoms with Gasteiger partial charge >= 0.3 is 5.69 Å². The van der Waals surface area contributed by atoms with E-state index in [1.54, 1.807) is 19.4 Å². The lowest BCUT2D eigenvalue weighted by molar-refractivity contribution is 0.415. The fraction of sp³-hybridized carbons (Fsp3) is 0.188. The van der Waals surface area contributed by atoms with Gasteiger partial charge in [0.1, 0.15) is 17.1 Å². The fourth-order valence-corrected chi connectivity index (χ4v) is 3.14. The monoisotopic (exact) mass is 359 g/mol. The van der Waals surface area contributed by atoms with Crippen molar-refractivity contribution in [3.63, 3.8) is 0 Å². The Bertz CT molecular complexity index is 1020. The number of methoxy groups -OCH3 is 1. The van der Waals surface area contributed by atoms with E-state index in [-0.39, 0.29) is 11.4 Å². The third-order valence-electron chi connectivity index (χ3n) is 3.64. The second-order valence-corrected chi connectivity index (χ2v) is 6.02. The van der Waals surface area contributed by atoms with E-state index in [4.69, 9.17) is 10.5 Å². The molecule has 0 spiro atoms. The molecular weight excluding hydrogens is 342 g/mol. The molecule has 2 heterocycles. The van der Waals surface area contributed by atoms with E-state index < -0.39 is 11.2 Å². The Balaban J connectivity index is 1.97. The lowest BCUT2D eigenvalue weighted by Crippen LogP contribution is -2.32. The number of rotatable bonds is 5. The van der Waals surface area contributed by atoms with Gasteiger partial charge in [0, 0.05) is 23.7 Å². The molecule has 25 heavy (non-hydrogen) atoms. The Hall–Kier alpha value is -3.07. The number of nitrogens with one attached hydrogen (secondary N) is 2. The summed E-state index contributed by atoms with van der Waals surface area (Å²) >= 11 is 1.33. The van der Waals surface area contributed by atoms with E-state index in [1.165, 1.54) is 15.9 Å². The molecule has 2 aromatic heterocycles. The molecule has 1 aromatic carbocycles. The van der Waals surface area contributed by atoms with Gasteiger partial charge in [-0.25, -0.2) is 9.78 Å². The number of anilines is 3. The molecule has 9 heteroatoms. The van der Waals surface area contributed by atoms with E-state index >= 15 is 0 Å². The predicted molar refractivity (Wildman–Crippen MR) is 98.8 cm³/mol. The van der Waals surface area contributed by atoms with Gasteiger partial charge < -0.3 is 15.8 Å². The molecule has 4 N–H and O–H groups in total. The minimum absolute atomic E-state index is 0.106. The van der Waals surface area contributed by atoms with Crippen molar-refractivity contribution in [2.24, 2.45) is 0 Å². The van der Waals surface area contributed by atoms with E-state index in [0.717, 1.165) is 11.4 Å². The summed E-state index contributed by atoms with van der Waals surface area (Å²) in [7, 11) is 1.60. The quantitative estimate of drug-likeness (QED) is 0.642. The summed E-state index contributed by atoms with van der Waals surface area (Å²) in [6, 6.07) is 7.41. The Kier molecular flexibility index (Phi) is 4.57. The molecule has 0 unspecified atom stereocenters. The second kappa shape index (κ2) is 6.81. The van der Waals surface area contributed by atoms with Gasteiger partial charge in [-0.05, 0) is 19.1 Å². The first kappa shape index (κ1) is 16.8. The Morgan fingerprint density at radius 3 is 2.92 bits per heavy atom. The number of ether oxygens (including phenoxy) is 1. The lowest BCUT2D eigenvalue weighted by atomic mass is 10.2. The van der Waals surface area contributed by atoms with Gasteiger partial charge in [-0.15, -0.1) is 11.3 Å². The van der Waals surface area contributed by atoms with Gasteiger partial charge in [0.05, 0.1) is 12.8 Å². The maximum Gasteiger partial charge on any atom is 0.329 e. The van der Waals surface area contributed by atoms with Crippen LogP contribution in [-0.2, 0) is 6.54 Å². The van der Waals surface area contributed by atoms with Gasteiger partial charge in [0.2, 0.25) is 0 Å². The standard InChI is InChI=1S/C16H17N5O3S/c1-3-21-13(17)12(14(22)20-16(21)23)11-8-25-15(19-11)18-9-5-4-6-10(7-9)24-2/h4-8H,3,17H2,1-2H3,(H,18,19)(H,20,22,23). The van der Waals surface area contributed by atoms with Crippen molar-refractivity contribution in [3.05, 3.63) is 50.5 Å². The first-order valence-electron chi connectivity index (χ1n) is 7.53. The molecule has 8 nitrogen and oxygen atoms in total. The zero-order chi connectivity index (χ0) is 18.0. The smallest absolute Gasteiger partial charge is 0.329 e. The minimum Gasteiger partial charge on any atom is -0.497 e. The van der Waals surface area contributed by atoms with Gasteiger partial charge in [0.25, 0.3) is 5.56 Å². The molecule has 3 aromatic rings. The van der Waals surface area contributed by atoms with E-state index in [9.17, 15) is 9.59 Å². The molecule has 0 bridgehead atoms. The van der Waals surface area contributed by atoms with Gasteiger partial charge in [-0.1, -0.05) is 6.07 Å². The molecule has 0 aliphatic heterocycles. The van der Waals surface area contributed by atoms with Crippen molar-refractivity contribution < 1.29 is 4.74 Å². The molecule has 0 radical (unpaired) electrons. The number of nitrogen functional groups attached to an aromatic ring is 1. The first-order valence-corrected chi connectivity index (χ1v) is 8.41. The van der Waals surface area contributed by atoms with Crippen LogP contribution in [0.2, 0.25) is 0 Å². The molecule has 0 aliphatic rings. The topological polar surface area (TPSA) is 115 Å². The van der Waals surface area contributed by atoms with Gasteiger partial charge in [-0.2, -0.15) is 0 Å². The summed E-state index contributed by atoms with van der Waals surface area (Å²) in [6.07, 6.45) is 0. The predicted octanol–water partition coefficient (Wildman–Crippen LogP) is 2.01. The van der Waals surface area contributed by atoms with Crippen LogP contribution < -0.4 is 27.0 Å². The number of aromatic nitrogens is 3. The highest BCUT2D eigenvalue weighted by atomic mass is 32.1. The van der Waals surface area contributed by atoms with Gasteiger partial charge in [0.15, 0.2) is 5.13 Å². The maximum atomic E-state index is 12.2. The highest BCUT2D eigenvalue weighted by molar-refractivity contribution is 7.14. The van der Waals surface area contributed by atoms with Crippen molar-refractivity contribution in [1.29, 1.82) is 0 Å². The van der Waals surface area contributed by atoms with Crippen molar-refractivity contribution in [3.8, 4) is 17.0 Å². The Labute approximate surface area is 146 Å². The van der Waals surface area contributed by atoms with Crippen molar-refractivity contribution in [2.75, 3.05) is 18.2 Å². The van der Waals surface area contributed by atoms with E-state index in [2.05, 4.69) is 15.3 Å². The number of hydrogen-bond donors (Lipinski definition) is 3. The lowest BCUT2D eigenvalue weighted by Gasteiger charge is -2.09. The van der Waals surface area contributed by atoms with Crippen molar-refractivity contribution >= 4 is 28.0 Å². The van der Waals surface area contributed by atoms with Crippen LogP contribution in [0.4, 0.5) is 16.6 Å². The summed E-state index contributed by atoms with van der Waals surface area (Å²) in [6.45, 7) is 2.13. The van der Waals surface area contributed by atoms with Crippen LogP contribution in [0.25, 0.3) is 11.3 Å². The maximum absolute atomic E-state index is 12.2. The number of thiazole rings is 1. The molecule has 0 fully saturated rings. The summed E-state index contributed by atoms with van der Waals surface area (Å²) in [5.41, 5.74) is 6.33. The average Bonchev–Trinajstić information content (AvgIpc) is 3.03. The van der Waals surface area contributed by atoms with Gasteiger partial charge in [-0.3, -0.25) is 14.3 Å². The van der Waals surface area contributed by atoms with Crippen molar-refractivity contribution in [2.45, 2.75) is 13.5 Å². The Morgan fingerprint density at radius 1 is 1.40 bits per heavy atom.